The molecule has 0 amide bonds. The Morgan fingerprint density at radius 3 is 2.42 bits per heavy atom. The fraction of sp³-hybridized carbons (Fsp3) is 0.154. The molecule has 2 rings (SSSR count). The molecule has 0 aliphatic rings. The summed E-state index contributed by atoms with van der Waals surface area (Å²) in [6.07, 6.45) is 2.20. The van der Waals surface area contributed by atoms with Crippen LogP contribution in [-0.2, 0) is 6.42 Å². The first-order chi connectivity index (χ1) is 9.11. The quantitative estimate of drug-likeness (QED) is 0.512. The van der Waals surface area contributed by atoms with Crippen LogP contribution in [-0.4, -0.2) is 4.98 Å². The number of halogens is 3. The number of benzene rings is 1. The number of hydrogen-bond acceptors (Lipinski definition) is 3. The molecule has 1 aromatic heterocycles. The van der Waals surface area contributed by atoms with Gasteiger partial charge in [0.2, 0.25) is 0 Å². The second kappa shape index (κ2) is 6.55. The van der Waals surface area contributed by atoms with E-state index >= 15 is 0 Å². The third-order valence-corrected chi connectivity index (χ3v) is 3.74. The van der Waals surface area contributed by atoms with Crippen LogP contribution in [0.5, 0.6) is 0 Å². The van der Waals surface area contributed by atoms with Crippen molar-refractivity contribution in [2.75, 3.05) is 0 Å². The van der Waals surface area contributed by atoms with Gasteiger partial charge in [-0.3, -0.25) is 11.3 Å². The first-order valence-electron chi connectivity index (χ1n) is 5.62. The van der Waals surface area contributed by atoms with Crippen molar-refractivity contribution < 1.29 is 0 Å². The molecule has 1 aromatic carbocycles. The highest BCUT2D eigenvalue weighted by atomic mass is 35.5. The molecular formula is C13H12Cl3N3. The summed E-state index contributed by atoms with van der Waals surface area (Å²) in [5, 5.41) is 1.66. The number of nitrogens with zero attached hydrogens (tertiary/aromatic N) is 1. The van der Waals surface area contributed by atoms with Gasteiger partial charge >= 0.3 is 0 Å². The maximum absolute atomic E-state index is 6.16. The molecule has 1 heterocycles. The fourth-order valence-corrected chi connectivity index (χ4v) is 2.57. The predicted molar refractivity (Wildman–Crippen MR) is 79.5 cm³/mol. The van der Waals surface area contributed by atoms with Crippen LogP contribution in [0, 0.1) is 0 Å². The fourth-order valence-electron chi connectivity index (χ4n) is 1.84. The molecule has 2 aromatic rings. The number of hydrazine groups is 1. The second-order valence-corrected chi connectivity index (χ2v) is 5.24. The Bertz CT molecular complexity index is 555. The summed E-state index contributed by atoms with van der Waals surface area (Å²) < 4.78 is 0. The van der Waals surface area contributed by atoms with Crippen molar-refractivity contribution >= 4 is 34.8 Å². The molecule has 0 saturated carbocycles. The van der Waals surface area contributed by atoms with Crippen LogP contribution in [0.2, 0.25) is 15.2 Å². The summed E-state index contributed by atoms with van der Waals surface area (Å²) in [5.74, 6) is 5.60. The molecule has 0 radical (unpaired) electrons. The van der Waals surface area contributed by atoms with Gasteiger partial charge in [-0.15, -0.1) is 0 Å². The molecule has 6 heteroatoms. The lowest BCUT2D eigenvalue weighted by molar-refractivity contribution is 0.551. The number of nitrogens with one attached hydrogen (secondary N) is 1. The smallest absolute Gasteiger partial charge is 0.129 e. The van der Waals surface area contributed by atoms with Gasteiger partial charge in [0.15, 0.2) is 0 Å². The van der Waals surface area contributed by atoms with Crippen molar-refractivity contribution in [3.8, 4) is 0 Å². The maximum atomic E-state index is 6.16. The Labute approximate surface area is 126 Å². The molecule has 0 aliphatic heterocycles. The normalized spacial score (nSPS) is 12.4. The summed E-state index contributed by atoms with van der Waals surface area (Å²) in [5.41, 5.74) is 4.52. The molecule has 19 heavy (non-hydrogen) atoms. The molecule has 0 saturated heterocycles. The summed E-state index contributed by atoms with van der Waals surface area (Å²) >= 11 is 18.2. The Balaban J connectivity index is 2.29. The highest BCUT2D eigenvalue weighted by Gasteiger charge is 2.15. The summed E-state index contributed by atoms with van der Waals surface area (Å²) in [7, 11) is 0. The summed E-state index contributed by atoms with van der Waals surface area (Å²) in [6, 6.07) is 8.88. The first kappa shape index (κ1) is 14.6. The van der Waals surface area contributed by atoms with Crippen molar-refractivity contribution in [3.63, 3.8) is 0 Å². The maximum Gasteiger partial charge on any atom is 0.129 e. The lowest BCUT2D eigenvalue weighted by Gasteiger charge is -2.18. The molecule has 0 spiro atoms. The lowest BCUT2D eigenvalue weighted by Crippen LogP contribution is -2.29. The van der Waals surface area contributed by atoms with Gasteiger partial charge < -0.3 is 0 Å². The third-order valence-electron chi connectivity index (χ3n) is 2.82. The van der Waals surface area contributed by atoms with Crippen LogP contribution in [0.3, 0.4) is 0 Å². The van der Waals surface area contributed by atoms with Crippen LogP contribution < -0.4 is 11.3 Å². The number of rotatable bonds is 4. The van der Waals surface area contributed by atoms with E-state index < -0.39 is 0 Å². The molecule has 0 bridgehead atoms. The number of pyridine rings is 1. The standard InChI is InChI=1S/C13H12Cl3N3/c14-10-2-1-3-11(15)9(10)7-12(19-17)8-4-5-18-13(16)6-8/h1-6,12,19H,7,17H2. The zero-order chi connectivity index (χ0) is 13.8. The monoisotopic (exact) mass is 315 g/mol. The van der Waals surface area contributed by atoms with E-state index in [1.54, 1.807) is 24.4 Å². The van der Waals surface area contributed by atoms with E-state index in [0.717, 1.165) is 11.1 Å². The van der Waals surface area contributed by atoms with E-state index in [1.807, 2.05) is 12.1 Å². The van der Waals surface area contributed by atoms with Gasteiger partial charge in [-0.1, -0.05) is 40.9 Å². The summed E-state index contributed by atoms with van der Waals surface area (Å²) in [6.45, 7) is 0. The minimum absolute atomic E-state index is 0.141. The van der Waals surface area contributed by atoms with E-state index in [1.165, 1.54) is 0 Å². The molecule has 1 atom stereocenters. The van der Waals surface area contributed by atoms with Crippen molar-refractivity contribution in [1.82, 2.24) is 10.4 Å². The lowest BCUT2D eigenvalue weighted by atomic mass is 10.0. The van der Waals surface area contributed by atoms with E-state index in [9.17, 15) is 0 Å². The molecule has 0 fully saturated rings. The van der Waals surface area contributed by atoms with E-state index in [-0.39, 0.29) is 6.04 Å². The van der Waals surface area contributed by atoms with E-state index in [0.29, 0.717) is 21.6 Å². The Hall–Kier alpha value is -0.840. The zero-order valence-corrected chi connectivity index (χ0v) is 12.2. The highest BCUT2D eigenvalue weighted by molar-refractivity contribution is 6.36. The Morgan fingerprint density at radius 2 is 1.84 bits per heavy atom. The van der Waals surface area contributed by atoms with Gasteiger partial charge in [0.05, 0.1) is 6.04 Å². The molecule has 3 N–H and O–H groups in total. The number of hydrogen-bond donors (Lipinski definition) is 2. The Morgan fingerprint density at radius 1 is 1.16 bits per heavy atom. The van der Waals surface area contributed by atoms with Gasteiger partial charge in [0, 0.05) is 16.2 Å². The largest absolute Gasteiger partial charge is 0.271 e. The van der Waals surface area contributed by atoms with Crippen LogP contribution >= 0.6 is 34.8 Å². The highest BCUT2D eigenvalue weighted by Crippen LogP contribution is 2.29. The van der Waals surface area contributed by atoms with Gasteiger partial charge in [0.1, 0.15) is 5.15 Å². The average Bonchev–Trinajstić information content (AvgIpc) is 2.38. The van der Waals surface area contributed by atoms with Crippen LogP contribution in [0.25, 0.3) is 0 Å². The van der Waals surface area contributed by atoms with Crippen molar-refractivity contribution in [1.29, 1.82) is 0 Å². The van der Waals surface area contributed by atoms with Crippen molar-refractivity contribution in [3.05, 3.63) is 62.9 Å². The van der Waals surface area contributed by atoms with Crippen molar-refractivity contribution in [2.24, 2.45) is 5.84 Å². The second-order valence-electron chi connectivity index (χ2n) is 4.04. The molecule has 100 valence electrons. The van der Waals surface area contributed by atoms with E-state index in [2.05, 4.69) is 10.4 Å². The third kappa shape index (κ3) is 3.59. The zero-order valence-electron chi connectivity index (χ0n) is 9.91. The number of aromatic nitrogens is 1. The van der Waals surface area contributed by atoms with Gasteiger partial charge in [-0.05, 0) is 41.8 Å². The minimum atomic E-state index is -0.141. The van der Waals surface area contributed by atoms with E-state index in [4.69, 9.17) is 40.6 Å². The molecule has 1 unspecified atom stereocenters. The molecule has 3 nitrogen and oxygen atoms in total. The average molecular weight is 317 g/mol. The number of nitrogens with two attached hydrogens (primary N) is 1. The SMILES string of the molecule is NNC(Cc1c(Cl)cccc1Cl)c1ccnc(Cl)c1. The molecule has 0 aliphatic carbocycles. The van der Waals surface area contributed by atoms with Gasteiger partial charge in [0.25, 0.3) is 0 Å². The first-order valence-corrected chi connectivity index (χ1v) is 6.75. The molecular weight excluding hydrogens is 305 g/mol. The van der Waals surface area contributed by atoms with Gasteiger partial charge in [-0.2, -0.15) is 0 Å². The van der Waals surface area contributed by atoms with Gasteiger partial charge in [-0.25, -0.2) is 4.98 Å². The predicted octanol–water partition coefficient (Wildman–Crippen LogP) is 3.79. The summed E-state index contributed by atoms with van der Waals surface area (Å²) in [4.78, 5) is 3.94. The van der Waals surface area contributed by atoms with Crippen LogP contribution in [0.4, 0.5) is 0 Å². The topological polar surface area (TPSA) is 50.9 Å². The van der Waals surface area contributed by atoms with Crippen LogP contribution in [0.1, 0.15) is 17.2 Å². The van der Waals surface area contributed by atoms with Crippen molar-refractivity contribution in [2.45, 2.75) is 12.5 Å². The minimum Gasteiger partial charge on any atom is -0.271 e. The Kier molecular flexibility index (Phi) is 5.02. The van der Waals surface area contributed by atoms with Crippen LogP contribution in [0.15, 0.2) is 36.5 Å².